The van der Waals surface area contributed by atoms with Crippen LogP contribution in [0.5, 0.6) is 23.0 Å². The van der Waals surface area contributed by atoms with Crippen molar-refractivity contribution in [2.45, 2.75) is 24.9 Å². The zero-order chi connectivity index (χ0) is 20.4. The van der Waals surface area contributed by atoms with E-state index in [1.165, 1.54) is 7.11 Å². The number of benzene rings is 2. The topological polar surface area (TPSA) is 74.3 Å². The van der Waals surface area contributed by atoms with Crippen molar-refractivity contribution in [2.75, 3.05) is 27.3 Å². The van der Waals surface area contributed by atoms with Crippen LogP contribution in [0.15, 0.2) is 42.5 Å². The van der Waals surface area contributed by atoms with Crippen LogP contribution in [-0.2, 0) is 0 Å². The maximum Gasteiger partial charge on any atom is 0.415 e. The highest BCUT2D eigenvalue weighted by molar-refractivity contribution is 6.01. The number of ether oxygens (including phenoxy) is 4. The molecule has 0 N–H and O–H groups in total. The molecular formula is C22H23NO6. The molecule has 0 saturated carbocycles. The van der Waals surface area contributed by atoms with Crippen LogP contribution in [0.1, 0.15) is 29.6 Å². The summed E-state index contributed by atoms with van der Waals surface area (Å²) < 4.78 is 22.5. The van der Waals surface area contributed by atoms with Crippen molar-refractivity contribution in [3.63, 3.8) is 0 Å². The number of carbonyl (C=O) groups excluding carboxylic acids is 2. The largest absolute Gasteiger partial charge is 0.493 e. The second-order valence-corrected chi connectivity index (χ2v) is 7.23. The normalized spacial score (nSPS) is 17.3. The van der Waals surface area contributed by atoms with E-state index in [0.29, 0.717) is 54.5 Å². The summed E-state index contributed by atoms with van der Waals surface area (Å²) in [5.41, 5.74) is -0.160. The van der Waals surface area contributed by atoms with E-state index in [1.807, 2.05) is 18.2 Å². The first-order valence-electron chi connectivity index (χ1n) is 9.54. The van der Waals surface area contributed by atoms with Crippen molar-refractivity contribution in [3.8, 4) is 23.0 Å². The fourth-order valence-electron chi connectivity index (χ4n) is 3.89. The Hall–Kier alpha value is -3.22. The first kappa shape index (κ1) is 19.1. The van der Waals surface area contributed by atoms with Gasteiger partial charge >= 0.3 is 6.09 Å². The standard InChI is InChI=1S/C22H23NO6/c1-26-18-9-8-16-17(24)14-22(29-19(16)20(18)27-2)10-12-23(13-11-22)21(25)28-15-6-4-3-5-7-15/h3-9H,10-14H2,1-2H3. The first-order chi connectivity index (χ1) is 14.0. The summed E-state index contributed by atoms with van der Waals surface area (Å²) in [6.07, 6.45) is 0.940. The quantitative estimate of drug-likeness (QED) is 0.786. The van der Waals surface area contributed by atoms with Gasteiger partial charge in [0, 0.05) is 25.9 Å². The van der Waals surface area contributed by atoms with Gasteiger partial charge in [-0.2, -0.15) is 0 Å². The molecule has 0 bridgehead atoms. The zero-order valence-electron chi connectivity index (χ0n) is 16.5. The van der Waals surface area contributed by atoms with Gasteiger partial charge in [0.15, 0.2) is 17.3 Å². The third kappa shape index (κ3) is 3.60. The van der Waals surface area contributed by atoms with Crippen molar-refractivity contribution in [3.05, 3.63) is 48.0 Å². The van der Waals surface area contributed by atoms with Gasteiger partial charge in [0.05, 0.1) is 26.2 Å². The van der Waals surface area contributed by atoms with Gasteiger partial charge in [0.25, 0.3) is 0 Å². The van der Waals surface area contributed by atoms with Gasteiger partial charge in [-0.3, -0.25) is 4.79 Å². The number of hydrogen-bond donors (Lipinski definition) is 0. The predicted molar refractivity (Wildman–Crippen MR) is 105 cm³/mol. The number of carbonyl (C=O) groups is 2. The first-order valence-corrected chi connectivity index (χ1v) is 9.54. The number of Topliss-reactive ketones (excluding diaryl/α,β-unsaturated/α-hetero) is 1. The van der Waals surface area contributed by atoms with Crippen molar-refractivity contribution in [2.24, 2.45) is 0 Å². The average molecular weight is 397 g/mol. The Labute approximate surface area is 169 Å². The average Bonchev–Trinajstić information content (AvgIpc) is 2.74. The summed E-state index contributed by atoms with van der Waals surface area (Å²) >= 11 is 0. The summed E-state index contributed by atoms with van der Waals surface area (Å²) in [6, 6.07) is 12.4. The van der Waals surface area contributed by atoms with Gasteiger partial charge in [0.1, 0.15) is 11.4 Å². The summed E-state index contributed by atoms with van der Waals surface area (Å²) in [5.74, 6) is 1.87. The number of ketones is 1. The van der Waals surface area contributed by atoms with E-state index in [0.717, 1.165) is 0 Å². The lowest BCUT2D eigenvalue weighted by Gasteiger charge is -2.43. The van der Waals surface area contributed by atoms with Crippen LogP contribution in [0.25, 0.3) is 0 Å². The van der Waals surface area contributed by atoms with E-state index in [4.69, 9.17) is 18.9 Å². The number of amides is 1. The molecule has 0 aromatic heterocycles. The molecular weight excluding hydrogens is 374 g/mol. The number of nitrogens with zero attached hydrogens (tertiary/aromatic N) is 1. The van der Waals surface area contributed by atoms with Crippen molar-refractivity contribution < 1.29 is 28.5 Å². The van der Waals surface area contributed by atoms with Crippen LogP contribution in [0.4, 0.5) is 4.79 Å². The highest BCUT2D eigenvalue weighted by atomic mass is 16.6. The monoisotopic (exact) mass is 397 g/mol. The number of para-hydroxylation sites is 1. The maximum absolute atomic E-state index is 12.8. The maximum atomic E-state index is 12.8. The van der Waals surface area contributed by atoms with Gasteiger partial charge in [-0.25, -0.2) is 4.79 Å². The Morgan fingerprint density at radius 3 is 2.41 bits per heavy atom. The molecule has 152 valence electrons. The minimum atomic E-state index is -0.659. The Morgan fingerprint density at radius 1 is 1.03 bits per heavy atom. The number of fused-ring (bicyclic) bond motifs is 1. The predicted octanol–water partition coefficient (Wildman–Crippen LogP) is 3.70. The van der Waals surface area contributed by atoms with Gasteiger partial charge in [-0.15, -0.1) is 0 Å². The minimum Gasteiger partial charge on any atom is -0.493 e. The molecule has 7 heteroatoms. The molecule has 29 heavy (non-hydrogen) atoms. The van der Waals surface area contributed by atoms with E-state index in [2.05, 4.69) is 0 Å². The summed E-state index contributed by atoms with van der Waals surface area (Å²) in [4.78, 5) is 26.9. The van der Waals surface area contributed by atoms with Crippen molar-refractivity contribution in [1.29, 1.82) is 0 Å². The number of rotatable bonds is 3. The third-order valence-corrected chi connectivity index (χ3v) is 5.48. The van der Waals surface area contributed by atoms with Gasteiger partial charge < -0.3 is 23.8 Å². The fourth-order valence-corrected chi connectivity index (χ4v) is 3.89. The van der Waals surface area contributed by atoms with Gasteiger partial charge in [-0.1, -0.05) is 18.2 Å². The number of hydrogen-bond acceptors (Lipinski definition) is 6. The van der Waals surface area contributed by atoms with Crippen LogP contribution >= 0.6 is 0 Å². The van der Waals surface area contributed by atoms with Crippen LogP contribution < -0.4 is 18.9 Å². The van der Waals surface area contributed by atoms with Crippen LogP contribution in [0.3, 0.4) is 0 Å². The highest BCUT2D eigenvalue weighted by Crippen LogP contribution is 2.47. The SMILES string of the molecule is COc1ccc2c(c1OC)OC1(CCN(C(=O)Oc3ccccc3)CC1)CC2=O. The van der Waals surface area contributed by atoms with Crippen molar-refractivity contribution >= 4 is 11.9 Å². The molecule has 1 fully saturated rings. The Kier molecular flexibility index (Phi) is 5.05. The Bertz CT molecular complexity index is 918. The number of methoxy groups -OCH3 is 2. The van der Waals surface area contributed by atoms with Crippen molar-refractivity contribution in [1.82, 2.24) is 4.90 Å². The molecule has 0 atom stereocenters. The van der Waals surface area contributed by atoms with Crippen LogP contribution in [0.2, 0.25) is 0 Å². The van der Waals surface area contributed by atoms with Gasteiger partial charge in [0.2, 0.25) is 5.75 Å². The third-order valence-electron chi connectivity index (χ3n) is 5.48. The highest BCUT2D eigenvalue weighted by Gasteiger charge is 2.45. The molecule has 1 saturated heterocycles. The van der Waals surface area contributed by atoms with Crippen LogP contribution in [-0.4, -0.2) is 49.7 Å². The second kappa shape index (κ2) is 7.66. The number of piperidine rings is 1. The van der Waals surface area contributed by atoms with Gasteiger partial charge in [-0.05, 0) is 24.3 Å². The Morgan fingerprint density at radius 2 is 1.76 bits per heavy atom. The molecule has 2 aliphatic rings. The smallest absolute Gasteiger partial charge is 0.415 e. The van der Waals surface area contributed by atoms with E-state index in [-0.39, 0.29) is 12.2 Å². The zero-order valence-corrected chi connectivity index (χ0v) is 16.5. The fraction of sp³-hybridized carbons (Fsp3) is 0.364. The number of likely N-dealkylation sites (tertiary alicyclic amines) is 1. The molecule has 0 unspecified atom stereocenters. The molecule has 4 rings (SSSR count). The minimum absolute atomic E-state index is 0.00696. The molecule has 7 nitrogen and oxygen atoms in total. The molecule has 0 aliphatic carbocycles. The lowest BCUT2D eigenvalue weighted by atomic mass is 9.82. The van der Waals surface area contributed by atoms with E-state index < -0.39 is 11.7 Å². The molecule has 2 aromatic carbocycles. The van der Waals surface area contributed by atoms with E-state index >= 15 is 0 Å². The molecule has 1 spiro atoms. The molecule has 2 aromatic rings. The lowest BCUT2D eigenvalue weighted by Crippen LogP contribution is -2.52. The lowest BCUT2D eigenvalue weighted by molar-refractivity contribution is -0.00627. The van der Waals surface area contributed by atoms with Crippen LogP contribution in [0, 0.1) is 0 Å². The summed E-state index contributed by atoms with van der Waals surface area (Å²) in [5, 5.41) is 0. The summed E-state index contributed by atoms with van der Waals surface area (Å²) in [6.45, 7) is 0.890. The van der Waals surface area contributed by atoms with E-state index in [1.54, 1.807) is 36.3 Å². The van der Waals surface area contributed by atoms with E-state index in [9.17, 15) is 9.59 Å². The second-order valence-electron chi connectivity index (χ2n) is 7.23. The summed E-state index contributed by atoms with van der Waals surface area (Å²) in [7, 11) is 3.07. The molecule has 0 radical (unpaired) electrons. The Balaban J connectivity index is 1.49. The molecule has 2 aliphatic heterocycles. The molecule has 2 heterocycles. The molecule has 1 amide bonds.